The van der Waals surface area contributed by atoms with Crippen LogP contribution >= 0.6 is 22.7 Å². The Morgan fingerprint density at radius 2 is 1.73 bits per heavy atom. The van der Waals surface area contributed by atoms with E-state index in [0.717, 1.165) is 22.0 Å². The van der Waals surface area contributed by atoms with Crippen LogP contribution in [0.15, 0.2) is 46.0 Å². The number of aliphatic hydroxyl groups is 2. The molecule has 1 unspecified atom stereocenters. The number of hydrogen-bond acceptors (Lipinski definition) is 14. The normalized spacial score (nSPS) is 12.7. The molecule has 3 amide bonds. The van der Waals surface area contributed by atoms with Crippen LogP contribution < -0.4 is 26.3 Å². The van der Waals surface area contributed by atoms with Crippen molar-refractivity contribution in [3.05, 3.63) is 85.4 Å². The monoisotopic (exact) mass is 788 g/mol. The molecule has 5 aromatic heterocycles. The zero-order valence-electron chi connectivity index (χ0n) is 30.5. The van der Waals surface area contributed by atoms with Crippen LogP contribution in [0.25, 0.3) is 21.4 Å². The average Bonchev–Trinajstić information content (AvgIpc) is 3.92. The largest absolute Gasteiger partial charge is 0.491 e. The van der Waals surface area contributed by atoms with Gasteiger partial charge in [0.15, 0.2) is 22.6 Å². The van der Waals surface area contributed by atoms with Crippen molar-refractivity contribution in [2.24, 2.45) is 16.5 Å². The summed E-state index contributed by atoms with van der Waals surface area (Å²) in [6, 6.07) is 4.67. The number of nitrogens with one attached hydrogen (secondary N) is 1. The van der Waals surface area contributed by atoms with Gasteiger partial charge in [-0.1, -0.05) is 37.3 Å². The van der Waals surface area contributed by atoms with Gasteiger partial charge in [0.05, 0.1) is 43.7 Å². The Bertz CT molecular complexity index is 2510. The van der Waals surface area contributed by atoms with Crippen molar-refractivity contribution in [1.82, 2.24) is 29.1 Å². The number of aromatic nitrogens is 6. The predicted octanol–water partition coefficient (Wildman–Crippen LogP) is 3.69. The minimum absolute atomic E-state index is 0.0515. The topological polar surface area (TPSA) is 252 Å². The van der Waals surface area contributed by atoms with Gasteiger partial charge in [-0.25, -0.2) is 19.9 Å². The van der Waals surface area contributed by atoms with E-state index in [1.165, 1.54) is 23.6 Å². The molecule has 6 rings (SSSR count). The second-order valence-electron chi connectivity index (χ2n) is 12.3. The van der Waals surface area contributed by atoms with Gasteiger partial charge in [-0.3, -0.25) is 19.0 Å². The minimum Gasteiger partial charge on any atom is -0.491 e. The molecule has 0 saturated carbocycles. The van der Waals surface area contributed by atoms with Crippen LogP contribution in [0.4, 0.5) is 5.95 Å². The molecule has 0 saturated heterocycles. The Kier molecular flexibility index (Phi) is 11.8. The lowest BCUT2D eigenvalue weighted by Gasteiger charge is -2.16. The number of aliphatic hydroxyl groups excluding tert-OH is 2. The average molecular weight is 789 g/mol. The van der Waals surface area contributed by atoms with Gasteiger partial charge in [0.25, 0.3) is 0 Å². The van der Waals surface area contributed by atoms with Crippen molar-refractivity contribution in [3.63, 3.8) is 0 Å². The van der Waals surface area contributed by atoms with E-state index >= 15 is 0 Å². The van der Waals surface area contributed by atoms with Crippen LogP contribution in [0.2, 0.25) is 0 Å². The van der Waals surface area contributed by atoms with Crippen molar-refractivity contribution in [1.29, 1.82) is 0 Å². The van der Waals surface area contributed by atoms with Crippen LogP contribution in [0.1, 0.15) is 84.9 Å². The number of fused-ring (bicyclic) bond motifs is 2. The number of nitrogens with zero attached hydrogens (tertiary/aromatic N) is 7. The maximum atomic E-state index is 13.4. The van der Waals surface area contributed by atoms with Crippen LogP contribution in [0.3, 0.4) is 0 Å². The minimum atomic E-state index is -1.15. The van der Waals surface area contributed by atoms with Crippen LogP contribution in [-0.4, -0.2) is 70.2 Å². The van der Waals surface area contributed by atoms with E-state index in [9.17, 15) is 24.6 Å². The second kappa shape index (κ2) is 16.7. The Labute approximate surface area is 322 Å². The number of allylic oxidation sites excluding steroid dienone is 2. The number of nitrogens with two attached hydrogens (primary N) is 2. The molecule has 0 spiro atoms. The lowest BCUT2D eigenvalue weighted by Crippen LogP contribution is -2.17. The lowest BCUT2D eigenvalue weighted by atomic mass is 10.1. The van der Waals surface area contributed by atoms with Gasteiger partial charge in [0, 0.05) is 44.8 Å². The zero-order chi connectivity index (χ0) is 39.4. The van der Waals surface area contributed by atoms with Crippen molar-refractivity contribution in [2.45, 2.75) is 66.3 Å². The fourth-order valence-corrected chi connectivity index (χ4v) is 7.86. The molecule has 17 nitrogen and oxygen atoms in total. The number of anilines is 1. The highest BCUT2D eigenvalue weighted by Gasteiger charge is 2.23. The van der Waals surface area contributed by atoms with Crippen molar-refractivity contribution in [3.8, 4) is 5.75 Å². The Hall–Kier alpha value is -5.76. The molecular weight excluding hydrogens is 749 g/mol. The third-order valence-electron chi connectivity index (χ3n) is 8.41. The molecule has 6 aromatic rings. The molecule has 0 fully saturated rings. The maximum absolute atomic E-state index is 13.4. The Balaban J connectivity index is 1.40. The Morgan fingerprint density at radius 3 is 2.42 bits per heavy atom. The van der Waals surface area contributed by atoms with Crippen LogP contribution in [0.5, 0.6) is 5.75 Å². The number of thiazole rings is 2. The van der Waals surface area contributed by atoms with E-state index in [2.05, 4.69) is 25.3 Å². The van der Waals surface area contributed by atoms with Crippen molar-refractivity contribution in [2.75, 3.05) is 18.5 Å². The predicted molar refractivity (Wildman–Crippen MR) is 206 cm³/mol. The van der Waals surface area contributed by atoms with Gasteiger partial charge in [0.1, 0.15) is 11.3 Å². The highest BCUT2D eigenvalue weighted by atomic mass is 32.1. The molecule has 7 N–H and O–H groups in total. The number of benzene rings is 1. The molecule has 0 aliphatic heterocycles. The number of primary amides is 2. The molecule has 0 aliphatic rings. The molecule has 0 bridgehead atoms. The summed E-state index contributed by atoms with van der Waals surface area (Å²) in [6.45, 7) is 7.81. The first-order valence-electron chi connectivity index (χ1n) is 17.4. The van der Waals surface area contributed by atoms with E-state index < -0.39 is 23.9 Å². The van der Waals surface area contributed by atoms with E-state index in [1.54, 1.807) is 28.2 Å². The number of carbonyl (C=O) groups is 3. The molecule has 19 heteroatoms. The number of amides is 3. The molecule has 5 heterocycles. The van der Waals surface area contributed by atoms with Crippen LogP contribution in [-0.2, 0) is 25.9 Å². The van der Waals surface area contributed by atoms with Gasteiger partial charge in [-0.05, 0) is 38.0 Å². The Morgan fingerprint density at radius 1 is 1.00 bits per heavy atom. The number of hydrogen-bond donors (Lipinski definition) is 5. The highest BCUT2D eigenvalue weighted by molar-refractivity contribution is 7.16. The number of carbonyl (C=O) groups excluding carboxylic acids is 3. The number of imidazole rings is 1. The first kappa shape index (κ1) is 38.9. The summed E-state index contributed by atoms with van der Waals surface area (Å²) >= 11 is 2.54. The van der Waals surface area contributed by atoms with Gasteiger partial charge >= 0.3 is 5.91 Å². The molecule has 1 aromatic carbocycles. The van der Waals surface area contributed by atoms with Gasteiger partial charge in [0.2, 0.25) is 23.5 Å². The molecule has 0 radical (unpaired) electrons. The summed E-state index contributed by atoms with van der Waals surface area (Å²) in [6.07, 6.45) is 5.35. The number of pyridine rings is 1. The first-order chi connectivity index (χ1) is 26.4. The molecule has 0 aliphatic carbocycles. The number of ether oxygens (including phenoxy) is 1. The fraction of sp³-hybridized carbons (Fsp3) is 0.333. The van der Waals surface area contributed by atoms with E-state index in [0.29, 0.717) is 67.7 Å². The summed E-state index contributed by atoms with van der Waals surface area (Å²) < 4.78 is 15.7. The molecule has 1 atom stereocenters. The molecule has 288 valence electrons. The van der Waals surface area contributed by atoms with Crippen molar-refractivity contribution >= 4 is 67.7 Å². The quantitative estimate of drug-likeness (QED) is 0.0535. The van der Waals surface area contributed by atoms with Gasteiger partial charge in [-0.15, -0.1) is 11.3 Å². The number of rotatable bonds is 16. The first-order valence-corrected chi connectivity index (χ1v) is 19.0. The van der Waals surface area contributed by atoms with Gasteiger partial charge < -0.3 is 40.7 Å². The third-order valence-corrected chi connectivity index (χ3v) is 10.5. The zero-order valence-corrected chi connectivity index (χ0v) is 32.2. The molecular formula is C36H40N10O7S2. The highest BCUT2D eigenvalue weighted by Crippen LogP contribution is 2.33. The fourth-order valence-electron chi connectivity index (χ4n) is 5.87. The number of oxazole rings is 1. The standard InChI is InChI=1S/C36H40N10O7S2/c1-5-22-28(53-18(3)40-22)33(50)44-36-46(32-26(55-36)16-21(17-39-32)31(38)49)11-8-7-10-45-27-24(14-20(30(37)48)15-25(27)52-13-9-12-47)42-35(45)43-34(51)29-23(6-2)41-19(4)54-29/h7-8,14-17,34,47,51H,5-6,9-13H2,1-4H3,(H2,37,48)(H2,38,49)(H,42,43)/b8-7+,44-36?. The molecule has 55 heavy (non-hydrogen) atoms. The third kappa shape index (κ3) is 8.34. The maximum Gasteiger partial charge on any atom is 0.317 e. The van der Waals surface area contributed by atoms with Crippen LogP contribution in [0, 0.1) is 13.8 Å². The van der Waals surface area contributed by atoms with Crippen molar-refractivity contribution < 1.29 is 33.8 Å². The van der Waals surface area contributed by atoms with E-state index in [1.807, 2.05) is 32.9 Å². The van der Waals surface area contributed by atoms with Gasteiger partial charge in [-0.2, -0.15) is 4.99 Å². The number of aryl methyl sites for hydroxylation is 4. The second-order valence-corrected chi connectivity index (χ2v) is 14.5. The van der Waals surface area contributed by atoms with E-state index in [4.69, 9.17) is 25.6 Å². The van der Waals surface area contributed by atoms with E-state index in [-0.39, 0.29) is 49.1 Å². The summed E-state index contributed by atoms with van der Waals surface area (Å²) in [5.74, 6) is -0.936. The summed E-state index contributed by atoms with van der Waals surface area (Å²) in [4.78, 5) is 61.0. The summed E-state index contributed by atoms with van der Waals surface area (Å²) in [5, 5.41) is 24.7. The smallest absolute Gasteiger partial charge is 0.317 e. The lowest BCUT2D eigenvalue weighted by molar-refractivity contribution is 0.0966. The summed E-state index contributed by atoms with van der Waals surface area (Å²) in [7, 11) is 0. The summed E-state index contributed by atoms with van der Waals surface area (Å²) in [5.41, 5.74) is 14.2. The SMILES string of the molecule is CCc1nc(C)oc1C(=O)N=c1sc2cc(C(N)=O)cnc2n1C/C=C/Cn1c(NC(O)c2sc(C)nc2CC)nc2cc(C(N)=O)cc(OCCCO)c21.